The van der Waals surface area contributed by atoms with Crippen LogP contribution in [-0.2, 0) is 16.0 Å². The number of primary amides is 1. The van der Waals surface area contributed by atoms with E-state index in [1.807, 2.05) is 39.0 Å². The molecule has 1 fully saturated rings. The van der Waals surface area contributed by atoms with Crippen LogP contribution in [0.4, 0.5) is 4.79 Å². The molecule has 0 radical (unpaired) electrons. The second-order valence-corrected chi connectivity index (χ2v) is 7.18. The summed E-state index contributed by atoms with van der Waals surface area (Å²) in [5, 5.41) is 0. The van der Waals surface area contributed by atoms with Crippen LogP contribution in [0.2, 0.25) is 0 Å². The van der Waals surface area contributed by atoms with Crippen LogP contribution in [0.1, 0.15) is 39.2 Å². The average molecular weight is 318 g/mol. The monoisotopic (exact) mass is 318 g/mol. The number of amides is 2. The first-order chi connectivity index (χ1) is 10.8. The van der Waals surface area contributed by atoms with Crippen LogP contribution in [0.3, 0.4) is 0 Å². The van der Waals surface area contributed by atoms with Gasteiger partial charge in [0.25, 0.3) is 0 Å². The molecule has 126 valence electrons. The van der Waals surface area contributed by atoms with Crippen LogP contribution in [0.15, 0.2) is 30.3 Å². The smallest absolute Gasteiger partial charge is 0.410 e. The molecule has 2 rings (SSSR count). The van der Waals surface area contributed by atoms with E-state index in [1.54, 1.807) is 0 Å². The van der Waals surface area contributed by atoms with Crippen LogP contribution in [0, 0.1) is 5.92 Å². The van der Waals surface area contributed by atoms with Gasteiger partial charge in [-0.25, -0.2) is 4.79 Å². The largest absolute Gasteiger partial charge is 0.444 e. The number of carbonyl (C=O) groups excluding carboxylic acids is 2. The van der Waals surface area contributed by atoms with Gasteiger partial charge in [0.15, 0.2) is 0 Å². The summed E-state index contributed by atoms with van der Waals surface area (Å²) in [5.74, 6) is -0.158. The predicted octanol–water partition coefficient (Wildman–Crippen LogP) is 2.73. The molecule has 0 bridgehead atoms. The molecule has 1 saturated heterocycles. The molecule has 0 aromatic heterocycles. The number of piperidine rings is 1. The molecule has 1 aliphatic rings. The maximum absolute atomic E-state index is 12.4. The third-order valence-corrected chi connectivity index (χ3v) is 4.00. The van der Waals surface area contributed by atoms with Gasteiger partial charge < -0.3 is 10.5 Å². The van der Waals surface area contributed by atoms with E-state index >= 15 is 0 Å². The highest BCUT2D eigenvalue weighted by Gasteiger charge is 2.37. The lowest BCUT2D eigenvalue weighted by atomic mass is 9.88. The maximum atomic E-state index is 12.4. The first-order valence-electron chi connectivity index (χ1n) is 8.09. The Kier molecular flexibility index (Phi) is 5.29. The van der Waals surface area contributed by atoms with Crippen molar-refractivity contribution in [3.63, 3.8) is 0 Å². The molecule has 1 aromatic rings. The Labute approximate surface area is 137 Å². The molecule has 1 unspecified atom stereocenters. The van der Waals surface area contributed by atoms with E-state index in [2.05, 4.69) is 12.1 Å². The molecule has 1 heterocycles. The summed E-state index contributed by atoms with van der Waals surface area (Å²) in [4.78, 5) is 25.6. The number of carbonyl (C=O) groups is 2. The Morgan fingerprint density at radius 3 is 2.43 bits per heavy atom. The van der Waals surface area contributed by atoms with Crippen molar-refractivity contribution in [2.75, 3.05) is 6.54 Å². The van der Waals surface area contributed by atoms with Crippen LogP contribution in [0.5, 0.6) is 0 Å². The average Bonchev–Trinajstić information content (AvgIpc) is 2.46. The molecular formula is C18H26N2O3. The highest BCUT2D eigenvalue weighted by molar-refractivity contribution is 5.84. The van der Waals surface area contributed by atoms with E-state index in [9.17, 15) is 9.59 Å². The zero-order valence-corrected chi connectivity index (χ0v) is 14.1. The van der Waals surface area contributed by atoms with E-state index in [4.69, 9.17) is 10.5 Å². The molecular weight excluding hydrogens is 292 g/mol. The summed E-state index contributed by atoms with van der Waals surface area (Å²) in [7, 11) is 0. The Balaban J connectivity index is 2.08. The Morgan fingerprint density at radius 2 is 1.87 bits per heavy atom. The van der Waals surface area contributed by atoms with Crippen molar-refractivity contribution in [1.29, 1.82) is 0 Å². The zero-order valence-electron chi connectivity index (χ0n) is 14.1. The minimum Gasteiger partial charge on any atom is -0.444 e. The zero-order chi connectivity index (χ0) is 17.0. The molecule has 2 N–H and O–H groups in total. The van der Waals surface area contributed by atoms with Crippen molar-refractivity contribution in [2.45, 2.75) is 51.7 Å². The van der Waals surface area contributed by atoms with Crippen molar-refractivity contribution in [1.82, 2.24) is 4.90 Å². The summed E-state index contributed by atoms with van der Waals surface area (Å²) in [6, 6.07) is 9.60. The number of benzene rings is 1. The fourth-order valence-corrected chi connectivity index (χ4v) is 2.98. The topological polar surface area (TPSA) is 72.6 Å². The summed E-state index contributed by atoms with van der Waals surface area (Å²) < 4.78 is 5.44. The SMILES string of the molecule is CC(C)(C)OC(=O)N1CC(Cc2ccccc2)CC[C@H]1C(N)=O. The fourth-order valence-electron chi connectivity index (χ4n) is 2.98. The standard InChI is InChI=1S/C18H26N2O3/c1-18(2,3)23-17(22)20-12-14(9-10-15(20)16(19)21)11-13-7-5-4-6-8-13/h4-8,14-15H,9-12H2,1-3H3,(H2,19,21)/t14?,15-/m0/s1. The molecule has 2 atom stereocenters. The highest BCUT2D eigenvalue weighted by atomic mass is 16.6. The van der Waals surface area contributed by atoms with E-state index in [0.29, 0.717) is 18.9 Å². The van der Waals surface area contributed by atoms with Crippen LogP contribution in [0.25, 0.3) is 0 Å². The molecule has 5 nitrogen and oxygen atoms in total. The van der Waals surface area contributed by atoms with Gasteiger partial charge in [-0.3, -0.25) is 9.69 Å². The Hall–Kier alpha value is -2.04. The number of nitrogens with zero attached hydrogens (tertiary/aromatic N) is 1. The molecule has 0 spiro atoms. The minimum absolute atomic E-state index is 0.306. The van der Waals surface area contributed by atoms with Crippen molar-refractivity contribution < 1.29 is 14.3 Å². The molecule has 0 aliphatic carbocycles. The van der Waals surface area contributed by atoms with Gasteiger partial charge in [0.2, 0.25) is 5.91 Å². The van der Waals surface area contributed by atoms with Gasteiger partial charge in [0.05, 0.1) is 0 Å². The number of hydrogen-bond donors (Lipinski definition) is 1. The second kappa shape index (κ2) is 7.02. The summed E-state index contributed by atoms with van der Waals surface area (Å²) in [6.07, 6.45) is 1.89. The normalized spacial score (nSPS) is 21.8. The molecule has 5 heteroatoms. The van der Waals surface area contributed by atoms with Crippen molar-refractivity contribution in [3.05, 3.63) is 35.9 Å². The number of ether oxygens (including phenoxy) is 1. The van der Waals surface area contributed by atoms with Gasteiger partial charge in [-0.2, -0.15) is 0 Å². The fraction of sp³-hybridized carbons (Fsp3) is 0.556. The van der Waals surface area contributed by atoms with Crippen molar-refractivity contribution in [3.8, 4) is 0 Å². The number of hydrogen-bond acceptors (Lipinski definition) is 3. The molecule has 0 saturated carbocycles. The number of likely N-dealkylation sites (tertiary alicyclic amines) is 1. The molecule has 2 amide bonds. The third-order valence-electron chi connectivity index (χ3n) is 4.00. The molecule has 1 aliphatic heterocycles. The predicted molar refractivity (Wildman–Crippen MR) is 88.8 cm³/mol. The lowest BCUT2D eigenvalue weighted by molar-refractivity contribution is -0.125. The molecule has 23 heavy (non-hydrogen) atoms. The highest BCUT2D eigenvalue weighted by Crippen LogP contribution is 2.26. The van der Waals surface area contributed by atoms with Gasteiger partial charge in [-0.15, -0.1) is 0 Å². The van der Waals surface area contributed by atoms with Gasteiger partial charge in [-0.05, 0) is 51.5 Å². The van der Waals surface area contributed by atoms with Gasteiger partial charge in [0, 0.05) is 6.54 Å². The van der Waals surface area contributed by atoms with Crippen LogP contribution in [-0.4, -0.2) is 35.1 Å². The van der Waals surface area contributed by atoms with E-state index in [0.717, 1.165) is 12.8 Å². The first-order valence-corrected chi connectivity index (χ1v) is 8.09. The lowest BCUT2D eigenvalue weighted by Gasteiger charge is -2.38. The minimum atomic E-state index is -0.592. The summed E-state index contributed by atoms with van der Waals surface area (Å²) >= 11 is 0. The van der Waals surface area contributed by atoms with E-state index < -0.39 is 23.6 Å². The van der Waals surface area contributed by atoms with Gasteiger partial charge >= 0.3 is 6.09 Å². The first kappa shape index (κ1) is 17.3. The van der Waals surface area contributed by atoms with Crippen molar-refractivity contribution in [2.24, 2.45) is 11.7 Å². The van der Waals surface area contributed by atoms with Crippen LogP contribution >= 0.6 is 0 Å². The maximum Gasteiger partial charge on any atom is 0.410 e. The van der Waals surface area contributed by atoms with Crippen molar-refractivity contribution >= 4 is 12.0 Å². The summed E-state index contributed by atoms with van der Waals surface area (Å²) in [6.45, 7) is 5.94. The van der Waals surface area contributed by atoms with Crippen LogP contribution < -0.4 is 5.73 Å². The van der Waals surface area contributed by atoms with E-state index in [1.165, 1.54) is 10.5 Å². The number of rotatable bonds is 3. The van der Waals surface area contributed by atoms with Gasteiger partial charge in [-0.1, -0.05) is 30.3 Å². The van der Waals surface area contributed by atoms with Gasteiger partial charge in [0.1, 0.15) is 11.6 Å². The number of nitrogens with two attached hydrogens (primary N) is 1. The summed E-state index contributed by atoms with van der Waals surface area (Å²) in [5.41, 5.74) is 6.11. The van der Waals surface area contributed by atoms with E-state index in [-0.39, 0.29) is 0 Å². The lowest BCUT2D eigenvalue weighted by Crippen LogP contribution is -2.54. The third kappa shape index (κ3) is 4.98. The Bertz CT molecular complexity index is 551. The second-order valence-electron chi connectivity index (χ2n) is 7.18. The quantitative estimate of drug-likeness (QED) is 0.931. The Morgan fingerprint density at radius 1 is 1.22 bits per heavy atom. The molecule has 1 aromatic carbocycles.